The molecule has 1 aliphatic rings. The number of hydrogen-bond acceptors (Lipinski definition) is 4. The minimum absolute atomic E-state index is 0.369. The fraction of sp³-hybridized carbons (Fsp3) is 0.889. The first kappa shape index (κ1) is 10.3. The summed E-state index contributed by atoms with van der Waals surface area (Å²) in [4.78, 5) is 0. The van der Waals surface area contributed by atoms with E-state index in [9.17, 15) is 0 Å². The molecule has 0 aromatic carbocycles. The molecule has 1 aliphatic heterocycles. The molecule has 1 unspecified atom stereocenters. The van der Waals surface area contributed by atoms with Crippen LogP contribution in [0.4, 0.5) is 0 Å². The standard InChI is InChI=1S/C9H17N4/c1-4-6-7-9(8(3)5-2)10-12-13-11-9/h8H,1,4-7H2,2-3H3. The average molecular weight is 181 g/mol. The summed E-state index contributed by atoms with van der Waals surface area (Å²) < 4.78 is 0. The first-order valence-electron chi connectivity index (χ1n) is 4.88. The van der Waals surface area contributed by atoms with Gasteiger partial charge in [0.15, 0.2) is 5.66 Å². The molecule has 0 aromatic heterocycles. The van der Waals surface area contributed by atoms with Gasteiger partial charge in [-0.3, -0.25) is 0 Å². The Labute approximate surface area is 79.5 Å². The SMILES string of the molecule is [CH2]CCCC1(C(C)CC)N=NN=N1. The van der Waals surface area contributed by atoms with Crippen molar-refractivity contribution >= 4 is 0 Å². The fourth-order valence-corrected chi connectivity index (χ4v) is 1.47. The maximum atomic E-state index is 4.14. The maximum Gasteiger partial charge on any atom is 0.197 e. The number of nitrogens with zero attached hydrogens (tertiary/aromatic N) is 4. The van der Waals surface area contributed by atoms with E-state index in [2.05, 4.69) is 41.4 Å². The van der Waals surface area contributed by atoms with Gasteiger partial charge in [0.1, 0.15) is 0 Å². The van der Waals surface area contributed by atoms with Crippen LogP contribution >= 0.6 is 0 Å². The Bertz CT molecular complexity index is 198. The summed E-state index contributed by atoms with van der Waals surface area (Å²) in [6, 6.07) is 0. The lowest BCUT2D eigenvalue weighted by atomic mass is 9.89. The second-order valence-electron chi connectivity index (χ2n) is 3.52. The van der Waals surface area contributed by atoms with Crippen LogP contribution in [0.5, 0.6) is 0 Å². The normalized spacial score (nSPS) is 20.8. The molecular weight excluding hydrogens is 164 g/mol. The van der Waals surface area contributed by atoms with Crippen LogP contribution < -0.4 is 0 Å². The Morgan fingerprint density at radius 3 is 2.38 bits per heavy atom. The average Bonchev–Trinajstić information content (AvgIpc) is 2.63. The molecule has 0 fully saturated rings. The van der Waals surface area contributed by atoms with Gasteiger partial charge in [-0.15, -0.1) is 10.2 Å². The van der Waals surface area contributed by atoms with Crippen LogP contribution in [-0.2, 0) is 0 Å². The highest BCUT2D eigenvalue weighted by atomic mass is 15.6. The zero-order chi connectivity index (χ0) is 9.73. The molecule has 0 saturated heterocycles. The van der Waals surface area contributed by atoms with Gasteiger partial charge in [-0.1, -0.05) is 27.2 Å². The van der Waals surface area contributed by atoms with Crippen molar-refractivity contribution in [3.63, 3.8) is 0 Å². The zero-order valence-corrected chi connectivity index (χ0v) is 8.40. The molecule has 13 heavy (non-hydrogen) atoms. The van der Waals surface area contributed by atoms with Gasteiger partial charge in [0.05, 0.1) is 0 Å². The summed E-state index contributed by atoms with van der Waals surface area (Å²) in [7, 11) is 0. The molecule has 1 radical (unpaired) electrons. The third-order valence-corrected chi connectivity index (χ3v) is 2.67. The summed E-state index contributed by atoms with van der Waals surface area (Å²) in [5, 5.41) is 15.5. The van der Waals surface area contributed by atoms with Crippen molar-refractivity contribution < 1.29 is 0 Å². The first-order valence-corrected chi connectivity index (χ1v) is 4.88. The summed E-state index contributed by atoms with van der Waals surface area (Å²) in [5.74, 6) is 0.411. The molecule has 1 heterocycles. The summed E-state index contributed by atoms with van der Waals surface area (Å²) in [5.41, 5.74) is -0.369. The molecule has 4 nitrogen and oxygen atoms in total. The number of rotatable bonds is 5. The van der Waals surface area contributed by atoms with E-state index in [0.29, 0.717) is 5.92 Å². The predicted molar refractivity (Wildman–Crippen MR) is 51.1 cm³/mol. The van der Waals surface area contributed by atoms with E-state index in [4.69, 9.17) is 0 Å². The molecule has 0 bridgehead atoms. The molecule has 0 aliphatic carbocycles. The van der Waals surface area contributed by atoms with Crippen LogP contribution in [0.25, 0.3) is 0 Å². The van der Waals surface area contributed by atoms with Gasteiger partial charge in [0.2, 0.25) is 0 Å². The largest absolute Gasteiger partial charge is 0.197 e. The van der Waals surface area contributed by atoms with Crippen LogP contribution in [0, 0.1) is 12.8 Å². The Morgan fingerprint density at radius 1 is 1.31 bits per heavy atom. The lowest BCUT2D eigenvalue weighted by Gasteiger charge is -2.25. The molecule has 0 aromatic rings. The Balaban J connectivity index is 2.64. The van der Waals surface area contributed by atoms with E-state index in [1.54, 1.807) is 0 Å². The summed E-state index contributed by atoms with van der Waals surface area (Å²) >= 11 is 0. The van der Waals surface area contributed by atoms with E-state index >= 15 is 0 Å². The van der Waals surface area contributed by atoms with Gasteiger partial charge in [0.25, 0.3) is 0 Å². The van der Waals surface area contributed by atoms with E-state index in [-0.39, 0.29) is 5.66 Å². The molecule has 0 amide bonds. The molecule has 0 N–H and O–H groups in total. The van der Waals surface area contributed by atoms with Crippen LogP contribution in [-0.4, -0.2) is 5.66 Å². The van der Waals surface area contributed by atoms with Crippen molar-refractivity contribution in [1.82, 2.24) is 0 Å². The second kappa shape index (κ2) is 4.44. The highest BCUT2D eigenvalue weighted by molar-refractivity contribution is 4.89. The van der Waals surface area contributed by atoms with Gasteiger partial charge in [-0.2, -0.15) is 0 Å². The number of hydrogen-bond donors (Lipinski definition) is 0. The van der Waals surface area contributed by atoms with Gasteiger partial charge in [-0.05, 0) is 29.7 Å². The molecule has 1 atom stereocenters. The monoisotopic (exact) mass is 181 g/mol. The van der Waals surface area contributed by atoms with Gasteiger partial charge >= 0.3 is 0 Å². The van der Waals surface area contributed by atoms with Crippen molar-refractivity contribution in [2.24, 2.45) is 26.6 Å². The van der Waals surface area contributed by atoms with Crippen molar-refractivity contribution in [1.29, 1.82) is 0 Å². The first-order chi connectivity index (χ1) is 6.25. The quantitative estimate of drug-likeness (QED) is 0.622. The van der Waals surface area contributed by atoms with Crippen molar-refractivity contribution in [2.45, 2.75) is 45.2 Å². The van der Waals surface area contributed by atoms with Crippen LogP contribution in [0.3, 0.4) is 0 Å². The van der Waals surface area contributed by atoms with Crippen molar-refractivity contribution in [2.75, 3.05) is 0 Å². The predicted octanol–water partition coefficient (Wildman–Crippen LogP) is 3.57. The Morgan fingerprint density at radius 2 is 1.92 bits per heavy atom. The summed E-state index contributed by atoms with van der Waals surface area (Å²) in [6.45, 7) is 8.10. The lowest BCUT2D eigenvalue weighted by Crippen LogP contribution is -2.30. The van der Waals surface area contributed by atoms with E-state index in [0.717, 1.165) is 25.7 Å². The van der Waals surface area contributed by atoms with Gasteiger partial charge < -0.3 is 0 Å². The Kier molecular flexibility index (Phi) is 3.51. The number of unbranched alkanes of at least 4 members (excludes halogenated alkanes) is 1. The third kappa shape index (κ3) is 2.11. The van der Waals surface area contributed by atoms with E-state index in [1.807, 2.05) is 0 Å². The van der Waals surface area contributed by atoms with Crippen LogP contribution in [0.15, 0.2) is 20.7 Å². The smallest absolute Gasteiger partial charge is 0.134 e. The molecule has 1 rings (SSSR count). The third-order valence-electron chi connectivity index (χ3n) is 2.67. The minimum Gasteiger partial charge on any atom is -0.134 e. The van der Waals surface area contributed by atoms with Crippen molar-refractivity contribution in [3.8, 4) is 0 Å². The highest BCUT2D eigenvalue weighted by Gasteiger charge is 2.37. The molecule has 0 saturated carbocycles. The minimum atomic E-state index is -0.369. The van der Waals surface area contributed by atoms with Crippen LogP contribution in [0.1, 0.15) is 39.5 Å². The zero-order valence-electron chi connectivity index (χ0n) is 8.40. The van der Waals surface area contributed by atoms with Gasteiger partial charge in [0, 0.05) is 5.92 Å². The maximum absolute atomic E-state index is 4.14. The van der Waals surface area contributed by atoms with Gasteiger partial charge in [-0.25, -0.2) is 0 Å². The fourth-order valence-electron chi connectivity index (χ4n) is 1.47. The van der Waals surface area contributed by atoms with E-state index < -0.39 is 0 Å². The van der Waals surface area contributed by atoms with E-state index in [1.165, 1.54) is 0 Å². The lowest BCUT2D eigenvalue weighted by molar-refractivity contribution is 0.268. The second-order valence-corrected chi connectivity index (χ2v) is 3.52. The highest BCUT2D eigenvalue weighted by Crippen LogP contribution is 2.35. The van der Waals surface area contributed by atoms with Crippen LogP contribution in [0.2, 0.25) is 0 Å². The summed E-state index contributed by atoms with van der Waals surface area (Å²) in [6.07, 6.45) is 3.92. The Hall–Kier alpha value is -0.800. The molecule has 4 heteroatoms. The molecule has 73 valence electrons. The topological polar surface area (TPSA) is 49.4 Å². The van der Waals surface area contributed by atoms with Crippen molar-refractivity contribution in [3.05, 3.63) is 6.92 Å². The molecule has 0 spiro atoms. The molecular formula is C9H17N4.